The van der Waals surface area contributed by atoms with Crippen LogP contribution in [0.1, 0.15) is 34.0 Å². The average Bonchev–Trinajstić information content (AvgIpc) is 3.39. The van der Waals surface area contributed by atoms with E-state index in [-0.39, 0.29) is 22.9 Å². The summed E-state index contributed by atoms with van der Waals surface area (Å²) in [5.41, 5.74) is 3.85. The highest BCUT2D eigenvalue weighted by molar-refractivity contribution is 8.00. The fourth-order valence-corrected chi connectivity index (χ4v) is 4.35. The Kier molecular flexibility index (Phi) is 5.21. The fourth-order valence-electron chi connectivity index (χ4n) is 3.17. The molecule has 1 atom stereocenters. The molecule has 2 aromatic carbocycles. The Balaban J connectivity index is 1.52. The van der Waals surface area contributed by atoms with E-state index in [0.29, 0.717) is 11.4 Å². The number of rotatable bonds is 5. The minimum atomic E-state index is -0.291. The standard InChI is InChI=1S/C22H20N2O3S/c1-2-15-5-11-18(12-6-15)24-20(25)14-28-22(24)16-7-9-17(10-8-16)23-21(26)19-4-3-13-27-19/h3-13,22H,2,14H2,1H3,(H,23,26)/t22-/m0/s1. The number of benzene rings is 2. The molecule has 0 aliphatic carbocycles. The Morgan fingerprint density at radius 1 is 1.14 bits per heavy atom. The highest BCUT2D eigenvalue weighted by atomic mass is 32.2. The molecule has 0 unspecified atom stereocenters. The van der Waals surface area contributed by atoms with Crippen LogP contribution in [0.4, 0.5) is 11.4 Å². The van der Waals surface area contributed by atoms with Crippen LogP contribution in [0.2, 0.25) is 0 Å². The van der Waals surface area contributed by atoms with Crippen LogP contribution in [0.5, 0.6) is 0 Å². The molecule has 0 spiro atoms. The lowest BCUT2D eigenvalue weighted by Gasteiger charge is -2.24. The van der Waals surface area contributed by atoms with Gasteiger partial charge in [-0.3, -0.25) is 14.5 Å². The number of carbonyl (C=O) groups excluding carboxylic acids is 2. The Morgan fingerprint density at radius 3 is 2.54 bits per heavy atom. The van der Waals surface area contributed by atoms with Crippen molar-refractivity contribution in [3.8, 4) is 0 Å². The minimum absolute atomic E-state index is 0.0743. The van der Waals surface area contributed by atoms with Gasteiger partial charge in [0.25, 0.3) is 5.91 Å². The molecule has 6 heteroatoms. The number of anilines is 2. The zero-order chi connectivity index (χ0) is 19.5. The molecule has 1 fully saturated rings. The lowest BCUT2D eigenvalue weighted by Crippen LogP contribution is -2.27. The Hall–Kier alpha value is -2.99. The predicted octanol–water partition coefficient (Wildman–Crippen LogP) is 4.87. The molecule has 0 bridgehead atoms. The van der Waals surface area contributed by atoms with Gasteiger partial charge in [0.1, 0.15) is 5.37 Å². The van der Waals surface area contributed by atoms with Gasteiger partial charge in [-0.25, -0.2) is 0 Å². The molecular weight excluding hydrogens is 372 g/mol. The number of amides is 2. The summed E-state index contributed by atoms with van der Waals surface area (Å²) >= 11 is 1.61. The molecular formula is C22H20N2O3S. The Bertz CT molecular complexity index is 966. The molecule has 1 aliphatic rings. The summed E-state index contributed by atoms with van der Waals surface area (Å²) in [6.45, 7) is 2.11. The second kappa shape index (κ2) is 7.94. The van der Waals surface area contributed by atoms with Crippen LogP contribution < -0.4 is 10.2 Å². The molecule has 0 radical (unpaired) electrons. The third kappa shape index (κ3) is 3.68. The number of hydrogen-bond donors (Lipinski definition) is 1. The van der Waals surface area contributed by atoms with E-state index in [1.165, 1.54) is 11.8 Å². The normalized spacial score (nSPS) is 16.4. The summed E-state index contributed by atoms with van der Waals surface area (Å²) in [7, 11) is 0. The second-order valence-electron chi connectivity index (χ2n) is 6.50. The fraction of sp³-hybridized carbons (Fsp3) is 0.182. The minimum Gasteiger partial charge on any atom is -0.459 e. The highest BCUT2D eigenvalue weighted by Gasteiger charge is 2.33. The molecule has 2 amide bonds. The number of aryl methyl sites for hydroxylation is 1. The Morgan fingerprint density at radius 2 is 1.89 bits per heavy atom. The van der Waals surface area contributed by atoms with Crippen molar-refractivity contribution in [3.63, 3.8) is 0 Å². The summed E-state index contributed by atoms with van der Waals surface area (Å²) in [6, 6.07) is 19.0. The largest absolute Gasteiger partial charge is 0.459 e. The molecule has 142 valence electrons. The topological polar surface area (TPSA) is 62.6 Å². The number of hydrogen-bond acceptors (Lipinski definition) is 4. The lowest BCUT2D eigenvalue weighted by atomic mass is 10.1. The maximum absolute atomic E-state index is 12.5. The Labute approximate surface area is 167 Å². The molecule has 1 aromatic heterocycles. The van der Waals surface area contributed by atoms with Gasteiger partial charge in [0.15, 0.2) is 5.76 Å². The van der Waals surface area contributed by atoms with Gasteiger partial charge in [0.05, 0.1) is 12.0 Å². The van der Waals surface area contributed by atoms with Crippen molar-refractivity contribution >= 4 is 35.0 Å². The number of nitrogens with one attached hydrogen (secondary N) is 1. The van der Waals surface area contributed by atoms with E-state index in [9.17, 15) is 9.59 Å². The third-order valence-electron chi connectivity index (χ3n) is 4.69. The molecule has 4 rings (SSSR count). The van der Waals surface area contributed by atoms with Gasteiger partial charge in [-0.15, -0.1) is 11.8 Å². The molecule has 2 heterocycles. The number of furan rings is 1. The summed E-state index contributed by atoms with van der Waals surface area (Å²) in [4.78, 5) is 26.4. The maximum atomic E-state index is 12.5. The SMILES string of the molecule is CCc1ccc(N2C(=O)CS[C@H]2c2ccc(NC(=O)c3ccco3)cc2)cc1. The van der Waals surface area contributed by atoms with Crippen molar-refractivity contribution in [2.45, 2.75) is 18.7 Å². The monoisotopic (exact) mass is 392 g/mol. The van der Waals surface area contributed by atoms with Crippen LogP contribution >= 0.6 is 11.8 Å². The number of nitrogens with zero attached hydrogens (tertiary/aromatic N) is 1. The predicted molar refractivity (Wildman–Crippen MR) is 112 cm³/mol. The van der Waals surface area contributed by atoms with E-state index < -0.39 is 0 Å². The zero-order valence-corrected chi connectivity index (χ0v) is 16.2. The van der Waals surface area contributed by atoms with Crippen molar-refractivity contribution in [2.75, 3.05) is 16.0 Å². The average molecular weight is 392 g/mol. The van der Waals surface area contributed by atoms with Crippen molar-refractivity contribution in [1.29, 1.82) is 0 Å². The van der Waals surface area contributed by atoms with Gasteiger partial charge in [-0.1, -0.05) is 31.2 Å². The molecule has 1 saturated heterocycles. The maximum Gasteiger partial charge on any atom is 0.291 e. The number of thioether (sulfide) groups is 1. The first-order chi connectivity index (χ1) is 13.7. The van der Waals surface area contributed by atoms with E-state index in [1.807, 2.05) is 41.3 Å². The van der Waals surface area contributed by atoms with Crippen LogP contribution in [-0.2, 0) is 11.2 Å². The van der Waals surface area contributed by atoms with E-state index in [0.717, 1.165) is 17.7 Å². The summed E-state index contributed by atoms with van der Waals surface area (Å²) < 4.78 is 5.10. The van der Waals surface area contributed by atoms with E-state index >= 15 is 0 Å². The van der Waals surface area contributed by atoms with Gasteiger partial charge in [-0.2, -0.15) is 0 Å². The quantitative estimate of drug-likeness (QED) is 0.673. The summed E-state index contributed by atoms with van der Waals surface area (Å²) in [5, 5.41) is 2.73. The number of carbonyl (C=O) groups is 2. The zero-order valence-electron chi connectivity index (χ0n) is 15.4. The van der Waals surface area contributed by atoms with Gasteiger partial charge in [-0.05, 0) is 53.9 Å². The first kappa shape index (κ1) is 18.4. The van der Waals surface area contributed by atoms with Crippen LogP contribution in [0.3, 0.4) is 0 Å². The molecule has 28 heavy (non-hydrogen) atoms. The van der Waals surface area contributed by atoms with Gasteiger partial charge < -0.3 is 9.73 Å². The smallest absolute Gasteiger partial charge is 0.291 e. The molecule has 5 nitrogen and oxygen atoms in total. The van der Waals surface area contributed by atoms with E-state index in [1.54, 1.807) is 23.9 Å². The second-order valence-corrected chi connectivity index (χ2v) is 7.57. The van der Waals surface area contributed by atoms with Gasteiger partial charge in [0.2, 0.25) is 5.91 Å². The molecule has 1 N–H and O–H groups in total. The van der Waals surface area contributed by atoms with Gasteiger partial charge in [0, 0.05) is 11.4 Å². The molecule has 3 aromatic rings. The van der Waals surface area contributed by atoms with Crippen molar-refractivity contribution < 1.29 is 14.0 Å². The third-order valence-corrected chi connectivity index (χ3v) is 5.90. The van der Waals surface area contributed by atoms with Crippen molar-refractivity contribution in [2.24, 2.45) is 0 Å². The summed E-state index contributed by atoms with van der Waals surface area (Å²) in [5.74, 6) is 0.537. The van der Waals surface area contributed by atoms with Crippen LogP contribution in [0, 0.1) is 0 Å². The van der Waals surface area contributed by atoms with Gasteiger partial charge >= 0.3 is 0 Å². The highest BCUT2D eigenvalue weighted by Crippen LogP contribution is 2.42. The van der Waals surface area contributed by atoms with Crippen molar-refractivity contribution in [3.05, 3.63) is 83.8 Å². The van der Waals surface area contributed by atoms with Crippen LogP contribution in [-0.4, -0.2) is 17.6 Å². The van der Waals surface area contributed by atoms with Crippen molar-refractivity contribution in [1.82, 2.24) is 0 Å². The van der Waals surface area contributed by atoms with E-state index in [4.69, 9.17) is 4.42 Å². The van der Waals surface area contributed by atoms with Crippen LogP contribution in [0.15, 0.2) is 71.3 Å². The lowest BCUT2D eigenvalue weighted by molar-refractivity contribution is -0.115. The summed E-state index contributed by atoms with van der Waals surface area (Å²) in [6.07, 6.45) is 2.44. The first-order valence-electron chi connectivity index (χ1n) is 9.13. The first-order valence-corrected chi connectivity index (χ1v) is 10.2. The molecule has 1 aliphatic heterocycles. The van der Waals surface area contributed by atoms with Crippen LogP contribution in [0.25, 0.3) is 0 Å². The van der Waals surface area contributed by atoms with E-state index in [2.05, 4.69) is 24.4 Å². The molecule has 0 saturated carbocycles.